The highest BCUT2D eigenvalue weighted by Gasteiger charge is 2.14. The van der Waals surface area contributed by atoms with Crippen molar-refractivity contribution >= 4 is 11.6 Å². The zero-order valence-corrected chi connectivity index (χ0v) is 13.6. The summed E-state index contributed by atoms with van der Waals surface area (Å²) in [4.78, 5) is 4.74. The average molecular weight is 292 g/mol. The lowest BCUT2D eigenvalue weighted by molar-refractivity contribution is 0.763. The van der Waals surface area contributed by atoms with Crippen LogP contribution in [0.4, 0.5) is 0 Å². The molecule has 0 spiro atoms. The maximum absolute atomic E-state index is 6.01. The Labute approximate surface area is 126 Å². The van der Waals surface area contributed by atoms with Gasteiger partial charge in [0.1, 0.15) is 0 Å². The lowest BCUT2D eigenvalue weighted by Gasteiger charge is -2.11. The van der Waals surface area contributed by atoms with E-state index >= 15 is 0 Å². The van der Waals surface area contributed by atoms with Gasteiger partial charge < -0.3 is 0 Å². The Morgan fingerprint density at radius 2 is 1.95 bits per heavy atom. The first-order valence-corrected chi connectivity index (χ1v) is 7.63. The van der Waals surface area contributed by atoms with Gasteiger partial charge in [-0.25, -0.2) is 9.67 Å². The van der Waals surface area contributed by atoms with E-state index in [1.54, 1.807) is 0 Å². The second kappa shape index (κ2) is 5.96. The summed E-state index contributed by atoms with van der Waals surface area (Å²) in [6.07, 6.45) is 0.990. The van der Waals surface area contributed by atoms with Crippen LogP contribution in [0.1, 0.15) is 54.9 Å². The van der Waals surface area contributed by atoms with Crippen molar-refractivity contribution in [3.05, 3.63) is 40.3 Å². The molecule has 0 fully saturated rings. The molecule has 2 aromatic heterocycles. The van der Waals surface area contributed by atoms with Crippen LogP contribution in [0.15, 0.2) is 12.1 Å². The number of nitrogens with zero attached hydrogens (tertiary/aromatic N) is 3. The monoisotopic (exact) mass is 291 g/mol. The molecule has 2 aromatic rings. The van der Waals surface area contributed by atoms with Crippen molar-refractivity contribution in [2.24, 2.45) is 0 Å². The van der Waals surface area contributed by atoms with Gasteiger partial charge in [-0.2, -0.15) is 5.10 Å². The molecule has 0 amide bonds. The Morgan fingerprint density at radius 1 is 1.25 bits per heavy atom. The summed E-state index contributed by atoms with van der Waals surface area (Å²) in [5.41, 5.74) is 5.69. The topological polar surface area (TPSA) is 30.7 Å². The van der Waals surface area contributed by atoms with E-state index < -0.39 is 0 Å². The molecule has 0 atom stereocenters. The minimum absolute atomic E-state index is 0.375. The summed E-state index contributed by atoms with van der Waals surface area (Å²) >= 11 is 6.01. The highest BCUT2D eigenvalue weighted by Crippen LogP contribution is 2.21. The lowest BCUT2D eigenvalue weighted by atomic mass is 10.1. The van der Waals surface area contributed by atoms with E-state index in [-0.39, 0.29) is 0 Å². The fourth-order valence-electron chi connectivity index (χ4n) is 2.49. The molecule has 0 aliphatic carbocycles. The molecule has 0 aliphatic heterocycles. The molecule has 2 heterocycles. The molecule has 108 valence electrons. The average Bonchev–Trinajstić information content (AvgIpc) is 2.72. The number of hydrogen-bond acceptors (Lipinski definition) is 2. The van der Waals surface area contributed by atoms with Gasteiger partial charge in [0.2, 0.25) is 0 Å². The Balaban J connectivity index is 2.60. The molecule has 2 rings (SSSR count). The smallest absolute Gasteiger partial charge is 0.154 e. The highest BCUT2D eigenvalue weighted by molar-refractivity contribution is 6.17. The van der Waals surface area contributed by atoms with Gasteiger partial charge in [0.25, 0.3) is 0 Å². The SMILES string of the molecule is CCc1c(C)nn(-c2cc(CCl)cc(C(C)C)n2)c1C. The Hall–Kier alpha value is -1.35. The summed E-state index contributed by atoms with van der Waals surface area (Å²) < 4.78 is 1.94. The van der Waals surface area contributed by atoms with Gasteiger partial charge in [0.05, 0.1) is 5.69 Å². The van der Waals surface area contributed by atoms with Crippen LogP contribution in [-0.4, -0.2) is 14.8 Å². The number of rotatable bonds is 4. The van der Waals surface area contributed by atoms with Crippen LogP contribution < -0.4 is 0 Å². The van der Waals surface area contributed by atoms with E-state index in [0.717, 1.165) is 29.2 Å². The van der Waals surface area contributed by atoms with E-state index in [9.17, 15) is 0 Å². The molecule has 4 heteroatoms. The minimum Gasteiger partial charge on any atom is -0.233 e. The van der Waals surface area contributed by atoms with E-state index in [2.05, 4.69) is 45.8 Å². The molecule has 20 heavy (non-hydrogen) atoms. The van der Waals surface area contributed by atoms with Gasteiger partial charge in [-0.3, -0.25) is 0 Å². The summed E-state index contributed by atoms with van der Waals surface area (Å²) in [6, 6.07) is 4.10. The first-order chi connectivity index (χ1) is 9.47. The van der Waals surface area contributed by atoms with E-state index in [0.29, 0.717) is 11.8 Å². The van der Waals surface area contributed by atoms with Crippen LogP contribution >= 0.6 is 11.6 Å². The van der Waals surface area contributed by atoms with Crippen LogP contribution in [0, 0.1) is 13.8 Å². The maximum Gasteiger partial charge on any atom is 0.154 e. The normalized spacial score (nSPS) is 11.3. The molecule has 0 bridgehead atoms. The third kappa shape index (κ3) is 2.73. The first kappa shape index (κ1) is 15.0. The summed E-state index contributed by atoms with van der Waals surface area (Å²) in [5, 5.41) is 4.64. The van der Waals surface area contributed by atoms with Crippen molar-refractivity contribution in [2.75, 3.05) is 0 Å². The van der Waals surface area contributed by atoms with E-state index in [1.807, 2.05) is 10.7 Å². The molecular formula is C16H22ClN3. The molecule has 0 aliphatic rings. The first-order valence-electron chi connectivity index (χ1n) is 7.10. The predicted molar refractivity (Wildman–Crippen MR) is 83.9 cm³/mol. The molecule has 3 nitrogen and oxygen atoms in total. The molecule has 0 unspecified atom stereocenters. The van der Waals surface area contributed by atoms with Crippen LogP contribution in [0.2, 0.25) is 0 Å². The Kier molecular flexibility index (Phi) is 4.48. The largest absolute Gasteiger partial charge is 0.233 e. The van der Waals surface area contributed by atoms with Crippen molar-refractivity contribution in [1.82, 2.24) is 14.8 Å². The zero-order chi connectivity index (χ0) is 14.9. The van der Waals surface area contributed by atoms with Gasteiger partial charge in [-0.15, -0.1) is 11.6 Å². The van der Waals surface area contributed by atoms with Crippen LogP contribution in [-0.2, 0) is 12.3 Å². The lowest BCUT2D eigenvalue weighted by Crippen LogP contribution is -2.06. The Bertz CT molecular complexity index is 614. The third-order valence-electron chi connectivity index (χ3n) is 3.65. The molecule has 0 saturated heterocycles. The van der Waals surface area contributed by atoms with Gasteiger partial charge in [-0.1, -0.05) is 20.8 Å². The van der Waals surface area contributed by atoms with E-state index in [4.69, 9.17) is 16.6 Å². The van der Waals surface area contributed by atoms with Gasteiger partial charge in [-0.05, 0) is 49.4 Å². The minimum atomic E-state index is 0.375. The zero-order valence-electron chi connectivity index (χ0n) is 12.9. The van der Waals surface area contributed by atoms with Crippen LogP contribution in [0.5, 0.6) is 0 Å². The van der Waals surface area contributed by atoms with Crippen molar-refractivity contribution in [3.8, 4) is 5.82 Å². The summed E-state index contributed by atoms with van der Waals surface area (Å²) in [5.74, 6) is 1.74. The number of hydrogen-bond donors (Lipinski definition) is 0. The van der Waals surface area contributed by atoms with Crippen molar-refractivity contribution < 1.29 is 0 Å². The predicted octanol–water partition coefficient (Wildman–Crippen LogP) is 4.31. The molecular weight excluding hydrogens is 270 g/mol. The summed E-state index contributed by atoms with van der Waals surface area (Å²) in [6.45, 7) is 10.6. The summed E-state index contributed by atoms with van der Waals surface area (Å²) in [7, 11) is 0. The maximum atomic E-state index is 6.01. The van der Waals surface area contributed by atoms with Crippen LogP contribution in [0.3, 0.4) is 0 Å². The number of halogens is 1. The van der Waals surface area contributed by atoms with Crippen molar-refractivity contribution in [2.45, 2.75) is 52.8 Å². The highest BCUT2D eigenvalue weighted by atomic mass is 35.5. The molecule has 0 saturated carbocycles. The van der Waals surface area contributed by atoms with Gasteiger partial charge in [0.15, 0.2) is 5.82 Å². The Morgan fingerprint density at radius 3 is 2.45 bits per heavy atom. The van der Waals surface area contributed by atoms with Gasteiger partial charge >= 0.3 is 0 Å². The molecule has 0 aromatic carbocycles. The van der Waals surface area contributed by atoms with Gasteiger partial charge in [0, 0.05) is 17.3 Å². The van der Waals surface area contributed by atoms with Crippen molar-refractivity contribution in [1.29, 1.82) is 0 Å². The second-order valence-electron chi connectivity index (χ2n) is 5.46. The van der Waals surface area contributed by atoms with E-state index in [1.165, 1.54) is 11.3 Å². The van der Waals surface area contributed by atoms with Crippen molar-refractivity contribution in [3.63, 3.8) is 0 Å². The fourth-order valence-corrected chi connectivity index (χ4v) is 2.64. The number of aryl methyl sites for hydroxylation is 1. The third-order valence-corrected chi connectivity index (χ3v) is 3.96. The number of aromatic nitrogens is 3. The second-order valence-corrected chi connectivity index (χ2v) is 5.73. The molecule has 0 N–H and O–H groups in total. The molecule has 0 radical (unpaired) electrons. The number of alkyl halides is 1. The fraction of sp³-hybridized carbons (Fsp3) is 0.500. The standard InChI is InChI=1S/C16H22ClN3/c1-6-14-11(4)19-20(12(14)5)16-8-13(9-17)7-15(18-16)10(2)3/h7-8,10H,6,9H2,1-5H3. The quantitative estimate of drug-likeness (QED) is 0.786. The van der Waals surface area contributed by atoms with Crippen LogP contribution in [0.25, 0.3) is 5.82 Å². The number of pyridine rings is 1.